The van der Waals surface area contributed by atoms with Crippen LogP contribution in [0.2, 0.25) is 0 Å². The summed E-state index contributed by atoms with van der Waals surface area (Å²) in [4.78, 5) is 84.6. The Morgan fingerprint density at radius 1 is 0.895 bits per heavy atom. The van der Waals surface area contributed by atoms with E-state index in [1.54, 1.807) is 12.1 Å². The van der Waals surface area contributed by atoms with Crippen molar-refractivity contribution in [3.63, 3.8) is 0 Å². The van der Waals surface area contributed by atoms with Crippen LogP contribution in [0.25, 0.3) is 10.9 Å². The molecule has 4 rings (SSSR count). The molecule has 5 atom stereocenters. The Kier molecular flexibility index (Phi) is 15.8. The molecule has 0 unspecified atom stereocenters. The first-order chi connectivity index (χ1) is 27.1. The van der Waals surface area contributed by atoms with Crippen molar-refractivity contribution in [2.24, 2.45) is 23.1 Å². The number of guanidine groups is 1. The Morgan fingerprint density at radius 2 is 1.56 bits per heavy atom. The summed E-state index contributed by atoms with van der Waals surface area (Å²) < 4.78 is 0. The normalized spacial score (nSPS) is 15.9. The van der Waals surface area contributed by atoms with Gasteiger partial charge in [0, 0.05) is 30.7 Å². The van der Waals surface area contributed by atoms with Gasteiger partial charge in [-0.1, -0.05) is 44.2 Å². The average Bonchev–Trinajstić information content (AvgIpc) is 3.82. The molecule has 1 aliphatic rings. The van der Waals surface area contributed by atoms with E-state index in [4.69, 9.17) is 22.6 Å². The number of fused-ring (bicyclic) bond motifs is 1. The number of amides is 6. The van der Waals surface area contributed by atoms with Crippen LogP contribution in [0.15, 0.2) is 54.6 Å². The van der Waals surface area contributed by atoms with E-state index in [9.17, 15) is 33.9 Å². The third kappa shape index (κ3) is 13.2. The van der Waals surface area contributed by atoms with Crippen LogP contribution in [-0.2, 0) is 41.6 Å². The molecule has 0 radical (unpaired) electrons. The number of phenolic OH excluding ortho intramolecular Hbond substituents is 1. The molecule has 3 aromatic rings. The third-order valence-corrected chi connectivity index (χ3v) is 9.59. The Balaban J connectivity index is 1.55. The van der Waals surface area contributed by atoms with E-state index in [1.807, 2.05) is 44.2 Å². The maximum absolute atomic E-state index is 14.2. The molecule has 2 heterocycles. The van der Waals surface area contributed by atoms with E-state index < -0.39 is 72.2 Å². The molecule has 0 saturated carbocycles. The van der Waals surface area contributed by atoms with Gasteiger partial charge >= 0.3 is 0 Å². The van der Waals surface area contributed by atoms with E-state index in [-0.39, 0.29) is 56.4 Å². The average molecular weight is 790 g/mol. The van der Waals surface area contributed by atoms with Crippen LogP contribution >= 0.6 is 0 Å². The van der Waals surface area contributed by atoms with Gasteiger partial charge in [0.25, 0.3) is 0 Å². The summed E-state index contributed by atoms with van der Waals surface area (Å²) in [5.74, 6) is -3.99. The van der Waals surface area contributed by atoms with Gasteiger partial charge in [-0.3, -0.25) is 34.2 Å². The molecule has 14 N–H and O–H groups in total. The number of aromatic nitrogens is 1. The molecule has 0 bridgehead atoms. The number of nitrogens with zero attached hydrogens (tertiary/aromatic N) is 1. The van der Waals surface area contributed by atoms with Crippen molar-refractivity contribution in [3.8, 4) is 5.75 Å². The smallest absolute Gasteiger partial charge is 0.245 e. The molecular formula is C39H55N11O7. The number of primary amides is 1. The monoisotopic (exact) mass is 789 g/mol. The highest BCUT2D eigenvalue weighted by atomic mass is 16.3. The SMILES string of the molecule is CC(C)C[C@H](NC(=O)[C@H](Cc1cc2ccccc2[nH]1)NC(=O)[C@@H](N)Cc1ccc(O)cc1)C(=O)N[C@@H](CCCNC(=N)N)C(=O)N1CCC[C@H]1C(=O)NCC(N)=O. The van der Waals surface area contributed by atoms with Gasteiger partial charge in [-0.25, -0.2) is 0 Å². The summed E-state index contributed by atoms with van der Waals surface area (Å²) in [6.07, 6.45) is 1.63. The molecule has 18 nitrogen and oxygen atoms in total. The Hall–Kier alpha value is -6.17. The minimum absolute atomic E-state index is 0.0344. The minimum Gasteiger partial charge on any atom is -0.508 e. The first-order valence-corrected chi connectivity index (χ1v) is 19.1. The van der Waals surface area contributed by atoms with Crippen molar-refractivity contribution in [3.05, 3.63) is 65.9 Å². The molecule has 6 amide bonds. The van der Waals surface area contributed by atoms with Crippen LogP contribution in [0, 0.1) is 11.3 Å². The number of likely N-dealkylation sites (tertiary alicyclic amines) is 1. The van der Waals surface area contributed by atoms with Gasteiger partial charge in [0.1, 0.15) is 29.9 Å². The van der Waals surface area contributed by atoms with Crippen LogP contribution in [0.4, 0.5) is 0 Å². The van der Waals surface area contributed by atoms with Crippen molar-refractivity contribution in [1.29, 1.82) is 5.41 Å². The highest BCUT2D eigenvalue weighted by molar-refractivity contribution is 5.96. The number of nitrogens with two attached hydrogens (primary N) is 3. The van der Waals surface area contributed by atoms with E-state index >= 15 is 0 Å². The third-order valence-electron chi connectivity index (χ3n) is 9.59. The van der Waals surface area contributed by atoms with E-state index in [0.717, 1.165) is 10.9 Å². The van der Waals surface area contributed by atoms with Gasteiger partial charge in [-0.15, -0.1) is 0 Å². The van der Waals surface area contributed by atoms with Gasteiger partial charge < -0.3 is 58.8 Å². The largest absolute Gasteiger partial charge is 0.508 e. The molecule has 57 heavy (non-hydrogen) atoms. The number of carbonyl (C=O) groups excluding carboxylic acids is 6. The Bertz CT molecular complexity index is 1870. The number of carbonyl (C=O) groups is 6. The molecule has 1 saturated heterocycles. The van der Waals surface area contributed by atoms with Crippen molar-refractivity contribution in [2.45, 2.75) is 89.0 Å². The zero-order chi connectivity index (χ0) is 41.6. The van der Waals surface area contributed by atoms with Crippen molar-refractivity contribution < 1.29 is 33.9 Å². The van der Waals surface area contributed by atoms with E-state index in [2.05, 4.69) is 31.6 Å². The van der Waals surface area contributed by atoms with Gasteiger partial charge in [-0.05, 0) is 79.7 Å². The van der Waals surface area contributed by atoms with E-state index in [1.165, 1.54) is 17.0 Å². The Morgan fingerprint density at radius 3 is 2.23 bits per heavy atom. The number of H-pyrrole nitrogens is 1. The number of hydrogen-bond acceptors (Lipinski definition) is 9. The second kappa shape index (κ2) is 20.7. The number of aromatic hydroxyl groups is 1. The summed E-state index contributed by atoms with van der Waals surface area (Å²) in [5, 5.41) is 31.5. The summed E-state index contributed by atoms with van der Waals surface area (Å²) in [5.41, 5.74) is 19.1. The molecule has 1 aliphatic heterocycles. The first kappa shape index (κ1) is 43.6. The quantitative estimate of drug-likeness (QED) is 0.0390. The fourth-order valence-electron chi connectivity index (χ4n) is 6.76. The van der Waals surface area contributed by atoms with Crippen molar-refractivity contribution in [1.82, 2.24) is 36.5 Å². The molecule has 0 spiro atoms. The molecular weight excluding hydrogens is 734 g/mol. The lowest BCUT2D eigenvalue weighted by Crippen LogP contribution is -2.59. The number of para-hydroxylation sites is 1. The van der Waals surface area contributed by atoms with Gasteiger partial charge in [0.2, 0.25) is 35.4 Å². The zero-order valence-corrected chi connectivity index (χ0v) is 32.3. The second-order valence-electron chi connectivity index (χ2n) is 14.7. The van der Waals surface area contributed by atoms with Gasteiger partial charge in [0.05, 0.1) is 12.6 Å². The lowest BCUT2D eigenvalue weighted by Gasteiger charge is -2.30. The van der Waals surface area contributed by atoms with Crippen molar-refractivity contribution in [2.75, 3.05) is 19.6 Å². The highest BCUT2D eigenvalue weighted by Gasteiger charge is 2.39. The second-order valence-corrected chi connectivity index (χ2v) is 14.7. The topological polar surface area (TPSA) is 304 Å². The summed E-state index contributed by atoms with van der Waals surface area (Å²) in [6.45, 7) is 3.81. The number of nitrogens with one attached hydrogen (secondary N) is 7. The number of phenols is 1. The first-order valence-electron chi connectivity index (χ1n) is 19.1. The zero-order valence-electron chi connectivity index (χ0n) is 32.3. The van der Waals surface area contributed by atoms with Crippen LogP contribution in [0.3, 0.4) is 0 Å². The Labute approximate surface area is 330 Å². The van der Waals surface area contributed by atoms with Gasteiger partial charge in [-0.2, -0.15) is 0 Å². The van der Waals surface area contributed by atoms with Crippen molar-refractivity contribution >= 4 is 52.3 Å². The maximum atomic E-state index is 14.2. The van der Waals surface area contributed by atoms with Crippen LogP contribution in [0.5, 0.6) is 5.75 Å². The molecule has 0 aliphatic carbocycles. The molecule has 2 aromatic carbocycles. The number of rotatable bonds is 20. The predicted molar refractivity (Wildman–Crippen MR) is 213 cm³/mol. The fraction of sp³-hybridized carbons (Fsp3) is 0.462. The summed E-state index contributed by atoms with van der Waals surface area (Å²) in [7, 11) is 0. The molecule has 308 valence electrons. The lowest BCUT2D eigenvalue weighted by molar-refractivity contribution is -0.142. The van der Waals surface area contributed by atoms with E-state index in [0.29, 0.717) is 30.5 Å². The molecule has 1 aromatic heterocycles. The maximum Gasteiger partial charge on any atom is 0.245 e. The van der Waals surface area contributed by atoms with Crippen LogP contribution in [0.1, 0.15) is 57.2 Å². The number of benzene rings is 2. The minimum atomic E-state index is -1.17. The van der Waals surface area contributed by atoms with Crippen LogP contribution < -0.4 is 43.8 Å². The van der Waals surface area contributed by atoms with Gasteiger partial charge in [0.15, 0.2) is 5.96 Å². The lowest BCUT2D eigenvalue weighted by atomic mass is 10.0. The highest BCUT2D eigenvalue weighted by Crippen LogP contribution is 2.21. The molecule has 1 fully saturated rings. The number of hydrogen-bond donors (Lipinski definition) is 11. The fourth-order valence-corrected chi connectivity index (χ4v) is 6.76. The predicted octanol–water partition coefficient (Wildman–Crippen LogP) is -0.658. The van der Waals surface area contributed by atoms with Crippen LogP contribution in [-0.4, -0.2) is 106 Å². The summed E-state index contributed by atoms with van der Waals surface area (Å²) in [6, 6.07) is 10.3. The number of aromatic amines is 1. The summed E-state index contributed by atoms with van der Waals surface area (Å²) >= 11 is 0. The standard InChI is InChI=1S/C39H55N11O7/c1-22(2)17-30(35(54)47-29(9-5-15-44-39(42)43)38(57)50-16-6-10-32(50)37(56)45-21-33(41)52)49-36(55)31(20-25-19-24-7-3-4-8-28(24)46-25)48-34(53)27(40)18-23-11-13-26(51)14-12-23/h3-4,7-8,11-14,19,22,27,29-32,46,51H,5-6,9-10,15-18,20-21,40H2,1-2H3,(H2,41,52)(H,45,56)(H,47,54)(H,48,53)(H,49,55)(H4,42,43,44)/t27-,29-,30-,31-,32-/m0/s1. The molecule has 18 heteroatoms.